The Hall–Kier alpha value is -2.91. The first kappa shape index (κ1) is 23.3. The lowest BCUT2D eigenvalue weighted by molar-refractivity contribution is -0.133. The second kappa shape index (κ2) is 10.4. The summed E-state index contributed by atoms with van der Waals surface area (Å²) in [5, 5.41) is 20.1. The van der Waals surface area contributed by atoms with Crippen molar-refractivity contribution in [1.29, 1.82) is 0 Å². The lowest BCUT2D eigenvalue weighted by atomic mass is 10.0. The van der Waals surface area contributed by atoms with Gasteiger partial charge in [0.05, 0.1) is 17.4 Å². The molecule has 3 heterocycles. The highest BCUT2D eigenvalue weighted by Gasteiger charge is 2.39. The Labute approximate surface area is 195 Å². The minimum atomic E-state index is -0.787. The molecule has 1 saturated carbocycles. The van der Waals surface area contributed by atoms with Gasteiger partial charge in [0, 0.05) is 63.2 Å². The molecule has 1 aromatic heterocycles. The Morgan fingerprint density at radius 2 is 2.15 bits per heavy atom. The molecular weight excluding hydrogens is 418 g/mol. The Kier molecular flexibility index (Phi) is 7.29. The van der Waals surface area contributed by atoms with Crippen molar-refractivity contribution < 1.29 is 9.90 Å². The number of allylic oxidation sites excluding steroid dienone is 2. The molecular formula is C24H35N7O2. The fraction of sp³-hybridized carbons (Fsp3) is 0.542. The van der Waals surface area contributed by atoms with Crippen molar-refractivity contribution in [2.75, 3.05) is 38.5 Å². The van der Waals surface area contributed by atoms with Crippen molar-refractivity contribution in [3.8, 4) is 0 Å². The summed E-state index contributed by atoms with van der Waals surface area (Å²) in [5.74, 6) is 1.43. The Balaban J connectivity index is 1.44. The summed E-state index contributed by atoms with van der Waals surface area (Å²) in [6.45, 7) is 7.07. The molecule has 33 heavy (non-hydrogen) atoms. The number of carbonyl (C=O) groups is 1. The number of nitrogens with zero attached hydrogens (tertiary/aromatic N) is 4. The standard InChI is InChI=1S/C24H35N7O2/c1-16(2)26-8-4-5-23(32)30-13-19(14-30)31(12-17-6-7-17)21-9-18(11-27-24(21)33)20-10-22(25-3)29-15-28-20/h4-5,9-11,15-17,19,24,26-27,33H,6-8,12-14H2,1-3H3,(H,25,28,29)/b5-4+. The van der Waals surface area contributed by atoms with E-state index in [1.165, 1.54) is 19.2 Å². The van der Waals surface area contributed by atoms with Gasteiger partial charge in [0.15, 0.2) is 6.23 Å². The van der Waals surface area contributed by atoms with Gasteiger partial charge in [0.25, 0.3) is 0 Å². The quantitative estimate of drug-likeness (QED) is 0.391. The summed E-state index contributed by atoms with van der Waals surface area (Å²) < 4.78 is 0. The SMILES string of the molecule is CNc1cc(C2=CNC(O)C(N(CC3CC3)C3CN(C(=O)/C=C/CNC(C)C)C3)=C2)ncn1. The van der Waals surface area contributed by atoms with Gasteiger partial charge >= 0.3 is 0 Å². The zero-order valence-corrected chi connectivity index (χ0v) is 19.7. The molecule has 0 aromatic carbocycles. The normalized spacial score (nSPS) is 20.9. The zero-order valence-electron chi connectivity index (χ0n) is 19.7. The fourth-order valence-corrected chi connectivity index (χ4v) is 4.02. The number of dihydropyridines is 1. The van der Waals surface area contributed by atoms with Crippen molar-refractivity contribution in [3.05, 3.63) is 48.2 Å². The first-order valence-corrected chi connectivity index (χ1v) is 11.8. The highest BCUT2D eigenvalue weighted by atomic mass is 16.3. The molecule has 2 fully saturated rings. The molecule has 9 nitrogen and oxygen atoms in total. The molecule has 2 aliphatic heterocycles. The lowest BCUT2D eigenvalue weighted by Gasteiger charge is -2.48. The molecule has 4 N–H and O–H groups in total. The third-order valence-electron chi connectivity index (χ3n) is 6.20. The number of anilines is 1. The first-order chi connectivity index (χ1) is 15.9. The number of nitrogens with one attached hydrogen (secondary N) is 3. The van der Waals surface area contributed by atoms with Crippen LogP contribution in [0.5, 0.6) is 0 Å². The van der Waals surface area contributed by atoms with E-state index >= 15 is 0 Å². The molecule has 1 aliphatic carbocycles. The van der Waals surface area contributed by atoms with Crippen molar-refractivity contribution in [2.45, 2.75) is 45.0 Å². The van der Waals surface area contributed by atoms with Crippen molar-refractivity contribution in [2.24, 2.45) is 5.92 Å². The molecule has 1 unspecified atom stereocenters. The second-order valence-electron chi connectivity index (χ2n) is 9.23. The van der Waals surface area contributed by atoms with Crippen molar-refractivity contribution >= 4 is 17.3 Å². The van der Waals surface area contributed by atoms with E-state index in [1.54, 1.807) is 12.3 Å². The van der Waals surface area contributed by atoms with Crippen LogP contribution in [0, 0.1) is 5.92 Å². The number of hydrogen-bond donors (Lipinski definition) is 4. The molecule has 0 spiro atoms. The number of hydrogen-bond acceptors (Lipinski definition) is 8. The summed E-state index contributed by atoms with van der Waals surface area (Å²) in [4.78, 5) is 25.2. The molecule has 1 aromatic rings. The average Bonchev–Trinajstić information content (AvgIpc) is 3.59. The molecule has 178 valence electrons. The fourth-order valence-electron chi connectivity index (χ4n) is 4.02. The monoisotopic (exact) mass is 453 g/mol. The van der Waals surface area contributed by atoms with E-state index in [0.29, 0.717) is 31.6 Å². The van der Waals surface area contributed by atoms with E-state index in [4.69, 9.17) is 0 Å². The molecule has 3 aliphatic rings. The maximum Gasteiger partial charge on any atom is 0.246 e. The topological polar surface area (TPSA) is 106 Å². The smallest absolute Gasteiger partial charge is 0.246 e. The van der Waals surface area contributed by atoms with E-state index in [-0.39, 0.29) is 11.9 Å². The molecule has 9 heteroatoms. The summed E-state index contributed by atoms with van der Waals surface area (Å²) in [7, 11) is 1.82. The van der Waals surface area contributed by atoms with Gasteiger partial charge in [0.2, 0.25) is 5.91 Å². The highest BCUT2D eigenvalue weighted by Crippen LogP contribution is 2.35. The molecule has 1 amide bonds. The van der Waals surface area contributed by atoms with Gasteiger partial charge in [-0.25, -0.2) is 9.97 Å². The summed E-state index contributed by atoms with van der Waals surface area (Å²) in [6.07, 6.45) is 10.5. The lowest BCUT2D eigenvalue weighted by Crippen LogP contribution is -2.62. The van der Waals surface area contributed by atoms with Crippen molar-refractivity contribution in [1.82, 2.24) is 30.4 Å². The first-order valence-electron chi connectivity index (χ1n) is 11.8. The zero-order chi connectivity index (χ0) is 23.4. The number of aliphatic hydroxyl groups excluding tert-OH is 1. The Bertz CT molecular complexity index is 932. The number of rotatable bonds is 10. The third kappa shape index (κ3) is 5.91. The van der Waals surface area contributed by atoms with Gasteiger partial charge < -0.3 is 30.9 Å². The molecule has 4 rings (SSSR count). The van der Waals surface area contributed by atoms with Crippen LogP contribution >= 0.6 is 0 Å². The van der Waals surface area contributed by atoms with Crippen LogP contribution in [0.3, 0.4) is 0 Å². The molecule has 1 atom stereocenters. The van der Waals surface area contributed by atoms with E-state index in [2.05, 4.69) is 44.7 Å². The van der Waals surface area contributed by atoms with Crippen LogP contribution in [0.2, 0.25) is 0 Å². The van der Waals surface area contributed by atoms with Crippen molar-refractivity contribution in [3.63, 3.8) is 0 Å². The van der Waals surface area contributed by atoms with Gasteiger partial charge in [-0.1, -0.05) is 19.9 Å². The van der Waals surface area contributed by atoms with E-state index in [1.807, 2.05) is 30.2 Å². The molecule has 0 bridgehead atoms. The number of likely N-dealkylation sites (tertiary alicyclic amines) is 1. The van der Waals surface area contributed by atoms with E-state index < -0.39 is 6.23 Å². The number of amides is 1. The van der Waals surface area contributed by atoms with E-state index in [9.17, 15) is 9.90 Å². The highest BCUT2D eigenvalue weighted by molar-refractivity contribution is 5.88. The van der Waals surface area contributed by atoms with Crippen LogP contribution in [-0.2, 0) is 4.79 Å². The minimum absolute atomic E-state index is 0.0423. The van der Waals surface area contributed by atoms with Crippen LogP contribution in [0.4, 0.5) is 5.82 Å². The maximum absolute atomic E-state index is 12.5. The van der Waals surface area contributed by atoms with Crippen LogP contribution in [0.25, 0.3) is 5.57 Å². The minimum Gasteiger partial charge on any atom is -0.373 e. The largest absolute Gasteiger partial charge is 0.373 e. The van der Waals surface area contributed by atoms with Crippen LogP contribution in [0.1, 0.15) is 32.4 Å². The van der Waals surface area contributed by atoms with Gasteiger partial charge in [0.1, 0.15) is 12.1 Å². The average molecular weight is 454 g/mol. The number of aromatic nitrogens is 2. The number of aliphatic hydroxyl groups is 1. The predicted octanol–water partition coefficient (Wildman–Crippen LogP) is 1.14. The van der Waals surface area contributed by atoms with E-state index in [0.717, 1.165) is 29.3 Å². The van der Waals surface area contributed by atoms with Crippen LogP contribution in [-0.4, -0.2) is 82.3 Å². The van der Waals surface area contributed by atoms with Gasteiger partial charge in [-0.3, -0.25) is 4.79 Å². The number of carbonyl (C=O) groups excluding carboxylic acids is 1. The molecule has 0 radical (unpaired) electrons. The van der Waals surface area contributed by atoms with Gasteiger partial charge in [-0.15, -0.1) is 0 Å². The predicted molar refractivity (Wildman–Crippen MR) is 129 cm³/mol. The summed E-state index contributed by atoms with van der Waals surface area (Å²) >= 11 is 0. The Morgan fingerprint density at radius 3 is 2.85 bits per heavy atom. The van der Waals surface area contributed by atoms with Crippen LogP contribution < -0.4 is 16.0 Å². The molecule has 1 saturated heterocycles. The third-order valence-corrected chi connectivity index (χ3v) is 6.20. The summed E-state index contributed by atoms with van der Waals surface area (Å²) in [6, 6.07) is 2.47. The summed E-state index contributed by atoms with van der Waals surface area (Å²) in [5.41, 5.74) is 2.50. The van der Waals surface area contributed by atoms with Gasteiger partial charge in [-0.05, 0) is 24.8 Å². The Morgan fingerprint density at radius 1 is 1.36 bits per heavy atom. The van der Waals surface area contributed by atoms with Crippen LogP contribution in [0.15, 0.2) is 42.5 Å². The maximum atomic E-state index is 12.5. The van der Waals surface area contributed by atoms with Gasteiger partial charge in [-0.2, -0.15) is 0 Å². The second-order valence-corrected chi connectivity index (χ2v) is 9.23.